The van der Waals surface area contributed by atoms with Crippen molar-refractivity contribution in [3.63, 3.8) is 0 Å². The van der Waals surface area contributed by atoms with Gasteiger partial charge in [-0.1, -0.05) is 47.6 Å². The van der Waals surface area contributed by atoms with Gasteiger partial charge in [0.25, 0.3) is 0 Å². The molecule has 1 aliphatic rings. The Balaban J connectivity index is 1.60. The van der Waals surface area contributed by atoms with Crippen LogP contribution in [0.1, 0.15) is 17.5 Å². The Kier molecular flexibility index (Phi) is 4.17. The number of rotatable bonds is 5. The topological polar surface area (TPSA) is 59.6 Å². The van der Waals surface area contributed by atoms with Crippen molar-refractivity contribution >= 4 is 11.4 Å². The average molecular weight is 281 g/mol. The zero-order valence-electron chi connectivity index (χ0n) is 11.8. The highest BCUT2D eigenvalue weighted by Crippen LogP contribution is 2.18. The van der Waals surface area contributed by atoms with Gasteiger partial charge in [0.15, 0.2) is 0 Å². The molecule has 108 valence electrons. The minimum Gasteiger partial charge on any atom is -0.390 e. The predicted molar refractivity (Wildman–Crippen MR) is 85.3 cm³/mol. The maximum atomic E-state index is 5.58. The third-order valence-corrected chi connectivity index (χ3v) is 3.55. The van der Waals surface area contributed by atoms with E-state index in [4.69, 9.17) is 10.6 Å². The van der Waals surface area contributed by atoms with Crippen LogP contribution in [0.3, 0.4) is 0 Å². The highest BCUT2D eigenvalue weighted by atomic mass is 16.6. The molecule has 2 aromatic carbocycles. The van der Waals surface area contributed by atoms with Gasteiger partial charge in [-0.3, -0.25) is 0 Å². The smallest absolute Gasteiger partial charge is 0.145 e. The first kappa shape index (κ1) is 13.6. The van der Waals surface area contributed by atoms with Gasteiger partial charge in [0, 0.05) is 25.2 Å². The highest BCUT2D eigenvalue weighted by molar-refractivity contribution is 6.01. The summed E-state index contributed by atoms with van der Waals surface area (Å²) in [5.74, 6) is 0. The normalized spacial score (nSPS) is 17.2. The lowest BCUT2D eigenvalue weighted by Gasteiger charge is -2.07. The molecule has 1 aliphatic heterocycles. The van der Waals surface area contributed by atoms with E-state index >= 15 is 0 Å². The van der Waals surface area contributed by atoms with Gasteiger partial charge in [-0.15, -0.1) is 0 Å². The van der Waals surface area contributed by atoms with Gasteiger partial charge in [-0.25, -0.2) is 0 Å². The molecule has 0 saturated heterocycles. The molecule has 0 radical (unpaired) electrons. The minimum absolute atomic E-state index is 0.0240. The standard InChI is InChI=1S/C17H19N3O/c18-11-16-10-17(20-21-16)14-6-8-15(9-7-14)19-12-13-4-2-1-3-5-13/h1-9,16,19H,10-12,18H2. The van der Waals surface area contributed by atoms with Crippen molar-refractivity contribution in [1.29, 1.82) is 0 Å². The maximum Gasteiger partial charge on any atom is 0.145 e. The SMILES string of the molecule is NCC1CC(c2ccc(NCc3ccccc3)cc2)=NO1. The summed E-state index contributed by atoms with van der Waals surface area (Å²) >= 11 is 0. The van der Waals surface area contributed by atoms with E-state index in [9.17, 15) is 0 Å². The Labute approximate surface area is 124 Å². The zero-order chi connectivity index (χ0) is 14.5. The van der Waals surface area contributed by atoms with Crippen LogP contribution < -0.4 is 11.1 Å². The van der Waals surface area contributed by atoms with Crippen LogP contribution >= 0.6 is 0 Å². The third-order valence-electron chi connectivity index (χ3n) is 3.55. The second-order valence-electron chi connectivity index (χ2n) is 5.12. The molecule has 2 aromatic rings. The summed E-state index contributed by atoms with van der Waals surface area (Å²) in [7, 11) is 0. The fourth-order valence-corrected chi connectivity index (χ4v) is 2.31. The van der Waals surface area contributed by atoms with E-state index in [1.165, 1.54) is 5.56 Å². The lowest BCUT2D eigenvalue weighted by Crippen LogP contribution is -2.20. The Hall–Kier alpha value is -2.33. The molecule has 0 saturated carbocycles. The van der Waals surface area contributed by atoms with Crippen molar-refractivity contribution in [3.05, 3.63) is 65.7 Å². The van der Waals surface area contributed by atoms with Gasteiger partial charge < -0.3 is 15.9 Å². The Bertz CT molecular complexity index is 608. The first-order valence-electron chi connectivity index (χ1n) is 7.16. The van der Waals surface area contributed by atoms with Gasteiger partial charge in [0.2, 0.25) is 0 Å². The maximum absolute atomic E-state index is 5.58. The van der Waals surface area contributed by atoms with Crippen LogP contribution in [0.25, 0.3) is 0 Å². The summed E-state index contributed by atoms with van der Waals surface area (Å²) < 4.78 is 0. The van der Waals surface area contributed by atoms with Gasteiger partial charge >= 0.3 is 0 Å². The van der Waals surface area contributed by atoms with Gasteiger partial charge in [0.1, 0.15) is 6.10 Å². The van der Waals surface area contributed by atoms with Crippen LogP contribution in [0.5, 0.6) is 0 Å². The lowest BCUT2D eigenvalue weighted by atomic mass is 10.0. The number of nitrogens with two attached hydrogens (primary N) is 1. The monoisotopic (exact) mass is 281 g/mol. The summed E-state index contributed by atoms with van der Waals surface area (Å²) in [6.07, 6.45) is 0.809. The molecular formula is C17H19N3O. The van der Waals surface area contributed by atoms with Crippen LogP contribution in [-0.4, -0.2) is 18.4 Å². The van der Waals surface area contributed by atoms with Gasteiger partial charge in [-0.2, -0.15) is 0 Å². The molecule has 3 N–H and O–H groups in total. The molecule has 1 atom stereocenters. The predicted octanol–water partition coefficient (Wildman–Crippen LogP) is 2.75. The number of nitrogens with one attached hydrogen (secondary N) is 1. The van der Waals surface area contributed by atoms with Crippen LogP contribution in [0, 0.1) is 0 Å². The third kappa shape index (κ3) is 3.41. The van der Waals surface area contributed by atoms with Crippen LogP contribution in [0.4, 0.5) is 5.69 Å². The largest absolute Gasteiger partial charge is 0.390 e. The van der Waals surface area contributed by atoms with Crippen molar-refractivity contribution in [3.8, 4) is 0 Å². The molecule has 1 unspecified atom stereocenters. The van der Waals surface area contributed by atoms with Crippen molar-refractivity contribution < 1.29 is 4.84 Å². The second-order valence-corrected chi connectivity index (χ2v) is 5.12. The van der Waals surface area contributed by atoms with Gasteiger partial charge in [0.05, 0.1) is 5.71 Å². The number of anilines is 1. The quantitative estimate of drug-likeness (QED) is 0.886. The number of benzene rings is 2. The molecule has 1 heterocycles. The summed E-state index contributed by atoms with van der Waals surface area (Å²) in [5, 5.41) is 7.51. The molecule has 0 bridgehead atoms. The molecule has 4 nitrogen and oxygen atoms in total. The van der Waals surface area contributed by atoms with Crippen LogP contribution in [-0.2, 0) is 11.4 Å². The summed E-state index contributed by atoms with van der Waals surface area (Å²) in [4.78, 5) is 5.25. The molecule has 3 rings (SSSR count). The van der Waals surface area contributed by atoms with E-state index in [1.807, 2.05) is 18.2 Å². The van der Waals surface area contributed by atoms with Crippen molar-refractivity contribution in [2.75, 3.05) is 11.9 Å². The fraction of sp³-hybridized carbons (Fsp3) is 0.235. The van der Waals surface area contributed by atoms with Crippen molar-refractivity contribution in [2.45, 2.75) is 19.1 Å². The first-order chi connectivity index (χ1) is 10.3. The van der Waals surface area contributed by atoms with E-state index in [1.54, 1.807) is 0 Å². The van der Waals surface area contributed by atoms with E-state index in [0.29, 0.717) is 6.54 Å². The van der Waals surface area contributed by atoms with E-state index < -0.39 is 0 Å². The summed E-state index contributed by atoms with van der Waals surface area (Å²) in [5.41, 5.74) is 10.0. The molecule has 0 fully saturated rings. The Morgan fingerprint density at radius 1 is 1.10 bits per heavy atom. The summed E-state index contributed by atoms with van der Waals surface area (Å²) in [6.45, 7) is 1.32. The van der Waals surface area contributed by atoms with Crippen LogP contribution in [0.2, 0.25) is 0 Å². The lowest BCUT2D eigenvalue weighted by molar-refractivity contribution is 0.0918. The molecule has 0 aromatic heterocycles. The molecular weight excluding hydrogens is 262 g/mol. The molecule has 0 amide bonds. The summed E-state index contributed by atoms with van der Waals surface area (Å²) in [6, 6.07) is 18.6. The molecule has 0 aliphatic carbocycles. The zero-order valence-corrected chi connectivity index (χ0v) is 11.8. The van der Waals surface area contributed by atoms with E-state index in [0.717, 1.165) is 29.9 Å². The first-order valence-corrected chi connectivity index (χ1v) is 7.16. The average Bonchev–Trinajstić information content (AvgIpc) is 3.03. The number of hydrogen-bond donors (Lipinski definition) is 2. The minimum atomic E-state index is 0.0240. The Morgan fingerprint density at radius 3 is 2.52 bits per heavy atom. The highest BCUT2D eigenvalue weighted by Gasteiger charge is 2.20. The number of oxime groups is 1. The fourth-order valence-electron chi connectivity index (χ4n) is 2.31. The molecule has 4 heteroatoms. The molecule has 21 heavy (non-hydrogen) atoms. The van der Waals surface area contributed by atoms with Crippen LogP contribution in [0.15, 0.2) is 59.8 Å². The van der Waals surface area contributed by atoms with Crippen molar-refractivity contribution in [1.82, 2.24) is 0 Å². The van der Waals surface area contributed by atoms with Crippen molar-refractivity contribution in [2.24, 2.45) is 10.9 Å². The molecule has 0 spiro atoms. The Morgan fingerprint density at radius 2 is 1.86 bits per heavy atom. The second kappa shape index (κ2) is 6.41. The number of nitrogens with zero attached hydrogens (tertiary/aromatic N) is 1. The van der Waals surface area contributed by atoms with Gasteiger partial charge in [-0.05, 0) is 23.3 Å². The van der Waals surface area contributed by atoms with E-state index in [2.05, 4.69) is 46.9 Å². The number of hydrogen-bond acceptors (Lipinski definition) is 4. The van der Waals surface area contributed by atoms with E-state index in [-0.39, 0.29) is 6.10 Å².